The highest BCUT2D eigenvalue weighted by molar-refractivity contribution is 5.80. The van der Waals surface area contributed by atoms with Gasteiger partial charge in [0.05, 0.1) is 12.0 Å². The zero-order valence-electron chi connectivity index (χ0n) is 15.3. The van der Waals surface area contributed by atoms with Crippen LogP contribution >= 0.6 is 0 Å². The highest BCUT2D eigenvalue weighted by Crippen LogP contribution is 2.36. The molecule has 138 valence electrons. The molecule has 6 nitrogen and oxygen atoms in total. The van der Waals surface area contributed by atoms with Crippen molar-refractivity contribution in [3.05, 3.63) is 48.3 Å². The van der Waals surface area contributed by atoms with E-state index in [1.807, 2.05) is 42.7 Å². The maximum absolute atomic E-state index is 13.1. The zero-order chi connectivity index (χ0) is 17.9. The largest absolute Gasteiger partial charge is 0.373 e. The van der Waals surface area contributed by atoms with Crippen molar-refractivity contribution in [3.63, 3.8) is 0 Å². The lowest BCUT2D eigenvalue weighted by atomic mass is 9.90. The number of pyridine rings is 1. The number of likely N-dealkylation sites (tertiary alicyclic amines) is 1. The van der Waals surface area contributed by atoms with Crippen molar-refractivity contribution < 1.29 is 9.53 Å². The van der Waals surface area contributed by atoms with Crippen LogP contribution in [0.15, 0.2) is 36.9 Å². The van der Waals surface area contributed by atoms with Gasteiger partial charge in [-0.1, -0.05) is 6.07 Å². The lowest BCUT2D eigenvalue weighted by molar-refractivity contribution is -0.138. The summed E-state index contributed by atoms with van der Waals surface area (Å²) in [6, 6.07) is 3.91. The fourth-order valence-electron chi connectivity index (χ4n) is 4.16. The first-order valence-electron chi connectivity index (χ1n) is 9.49. The Hall–Kier alpha value is -2.21. The smallest absolute Gasteiger partial charge is 0.228 e. The van der Waals surface area contributed by atoms with Gasteiger partial charge in [-0.05, 0) is 36.8 Å². The topological polar surface area (TPSA) is 60.2 Å². The van der Waals surface area contributed by atoms with Crippen LogP contribution in [0.4, 0.5) is 0 Å². The molecule has 2 saturated heterocycles. The fraction of sp³-hybridized carbons (Fsp3) is 0.550. The molecule has 0 spiro atoms. The second-order valence-corrected chi connectivity index (χ2v) is 7.40. The summed E-state index contributed by atoms with van der Waals surface area (Å²) in [6.45, 7) is 2.32. The molecule has 4 rings (SSSR count). The van der Waals surface area contributed by atoms with Gasteiger partial charge in [-0.15, -0.1) is 0 Å². The van der Waals surface area contributed by atoms with Crippen LogP contribution < -0.4 is 0 Å². The molecule has 2 fully saturated rings. The minimum atomic E-state index is -0.151. The van der Waals surface area contributed by atoms with E-state index in [4.69, 9.17) is 4.74 Å². The van der Waals surface area contributed by atoms with E-state index in [1.165, 1.54) is 0 Å². The van der Waals surface area contributed by atoms with Gasteiger partial charge in [-0.2, -0.15) is 0 Å². The van der Waals surface area contributed by atoms with Gasteiger partial charge in [0, 0.05) is 58.0 Å². The van der Waals surface area contributed by atoms with Crippen molar-refractivity contribution in [3.8, 4) is 0 Å². The second kappa shape index (κ2) is 7.58. The Morgan fingerprint density at radius 3 is 2.81 bits per heavy atom. The number of rotatable bonds is 4. The molecule has 0 aromatic carbocycles. The van der Waals surface area contributed by atoms with E-state index < -0.39 is 0 Å². The number of imidazole rings is 1. The molecule has 0 radical (unpaired) electrons. The molecular formula is C20H26N4O2. The van der Waals surface area contributed by atoms with Crippen LogP contribution in [0.2, 0.25) is 0 Å². The van der Waals surface area contributed by atoms with Crippen molar-refractivity contribution in [2.45, 2.75) is 31.8 Å². The summed E-state index contributed by atoms with van der Waals surface area (Å²) in [6.07, 6.45) is 11.1. The second-order valence-electron chi connectivity index (χ2n) is 7.40. The molecule has 2 aromatic rings. The summed E-state index contributed by atoms with van der Waals surface area (Å²) in [7, 11) is 2.04. The van der Waals surface area contributed by atoms with Gasteiger partial charge >= 0.3 is 0 Å². The maximum Gasteiger partial charge on any atom is 0.228 e. The maximum atomic E-state index is 13.1. The molecule has 6 heteroatoms. The number of aryl methyl sites for hydroxylation is 1. The normalized spacial score (nSPS) is 24.1. The first-order valence-corrected chi connectivity index (χ1v) is 9.49. The summed E-state index contributed by atoms with van der Waals surface area (Å²) in [4.78, 5) is 23.7. The number of piperidine rings is 1. The van der Waals surface area contributed by atoms with Crippen LogP contribution in [0.1, 0.15) is 36.8 Å². The SMILES string of the molecule is Cn1ccnc1CC1CCN(C(=O)[C@H]2CCO[C@@H]2c2cccnc2)CC1. The van der Waals surface area contributed by atoms with E-state index >= 15 is 0 Å². The summed E-state index contributed by atoms with van der Waals surface area (Å²) in [5.41, 5.74) is 1.01. The standard InChI is InChI=1S/C20H26N4O2/c1-23-11-8-22-18(23)13-15-4-9-24(10-5-15)20(25)17-6-12-26-19(17)16-3-2-7-21-14-16/h2-3,7-8,11,14-15,17,19H,4-6,9-10,12-13H2,1H3/t17-,19+/m0/s1. The van der Waals surface area contributed by atoms with Gasteiger partial charge in [0.2, 0.25) is 5.91 Å². The Balaban J connectivity index is 1.35. The third-order valence-corrected chi connectivity index (χ3v) is 5.74. The third-order valence-electron chi connectivity index (χ3n) is 5.74. The average Bonchev–Trinajstić information content (AvgIpc) is 3.32. The lowest BCUT2D eigenvalue weighted by Crippen LogP contribution is -2.42. The number of hydrogen-bond donors (Lipinski definition) is 0. The summed E-state index contributed by atoms with van der Waals surface area (Å²) >= 11 is 0. The molecule has 0 bridgehead atoms. The molecule has 2 aromatic heterocycles. The number of nitrogens with zero attached hydrogens (tertiary/aromatic N) is 4. The van der Waals surface area contributed by atoms with Crippen molar-refractivity contribution in [1.29, 1.82) is 0 Å². The van der Waals surface area contributed by atoms with E-state index in [0.29, 0.717) is 12.5 Å². The molecular weight excluding hydrogens is 328 g/mol. The Labute approximate surface area is 154 Å². The predicted octanol–water partition coefficient (Wildman–Crippen LogP) is 2.37. The molecule has 0 N–H and O–H groups in total. The van der Waals surface area contributed by atoms with E-state index in [0.717, 1.165) is 50.2 Å². The number of hydrogen-bond acceptors (Lipinski definition) is 4. The van der Waals surface area contributed by atoms with Gasteiger partial charge in [0.15, 0.2) is 0 Å². The van der Waals surface area contributed by atoms with Crippen molar-refractivity contribution in [2.24, 2.45) is 18.9 Å². The Morgan fingerprint density at radius 2 is 2.12 bits per heavy atom. The highest BCUT2D eigenvalue weighted by Gasteiger charge is 2.38. The van der Waals surface area contributed by atoms with Gasteiger partial charge in [0.25, 0.3) is 0 Å². The van der Waals surface area contributed by atoms with E-state index in [-0.39, 0.29) is 17.9 Å². The predicted molar refractivity (Wildman–Crippen MR) is 97.3 cm³/mol. The monoisotopic (exact) mass is 354 g/mol. The van der Waals surface area contributed by atoms with Crippen LogP contribution in [-0.2, 0) is 23.0 Å². The van der Waals surface area contributed by atoms with E-state index in [2.05, 4.69) is 14.5 Å². The minimum Gasteiger partial charge on any atom is -0.373 e. The van der Waals surface area contributed by atoms with Gasteiger partial charge in [0.1, 0.15) is 5.82 Å². The minimum absolute atomic E-state index is 0.0784. The molecule has 4 heterocycles. The van der Waals surface area contributed by atoms with Crippen LogP contribution in [0.5, 0.6) is 0 Å². The fourth-order valence-corrected chi connectivity index (χ4v) is 4.16. The van der Waals surface area contributed by atoms with Crippen LogP contribution in [0.3, 0.4) is 0 Å². The summed E-state index contributed by atoms with van der Waals surface area (Å²) in [5.74, 6) is 1.90. The highest BCUT2D eigenvalue weighted by atomic mass is 16.5. The zero-order valence-corrected chi connectivity index (χ0v) is 15.3. The molecule has 1 amide bonds. The Morgan fingerprint density at radius 1 is 1.27 bits per heavy atom. The number of carbonyl (C=O) groups is 1. The van der Waals surface area contributed by atoms with Crippen LogP contribution in [0, 0.1) is 11.8 Å². The van der Waals surface area contributed by atoms with Crippen molar-refractivity contribution in [2.75, 3.05) is 19.7 Å². The lowest BCUT2D eigenvalue weighted by Gasteiger charge is -2.34. The molecule has 0 saturated carbocycles. The van der Waals surface area contributed by atoms with Crippen LogP contribution in [-0.4, -0.2) is 45.0 Å². The number of aromatic nitrogens is 3. The number of amides is 1. The van der Waals surface area contributed by atoms with Gasteiger partial charge < -0.3 is 14.2 Å². The summed E-state index contributed by atoms with van der Waals surface area (Å²) < 4.78 is 7.96. The Bertz CT molecular complexity index is 737. The summed E-state index contributed by atoms with van der Waals surface area (Å²) in [5, 5.41) is 0. The third kappa shape index (κ3) is 3.51. The van der Waals surface area contributed by atoms with Crippen molar-refractivity contribution >= 4 is 5.91 Å². The molecule has 0 unspecified atom stereocenters. The molecule has 2 aliphatic heterocycles. The first kappa shape index (κ1) is 17.2. The molecule has 2 aliphatic rings. The van der Waals surface area contributed by atoms with Gasteiger partial charge in [-0.25, -0.2) is 4.98 Å². The van der Waals surface area contributed by atoms with Crippen molar-refractivity contribution in [1.82, 2.24) is 19.4 Å². The molecule has 2 atom stereocenters. The molecule has 0 aliphatic carbocycles. The number of carbonyl (C=O) groups excluding carboxylic acids is 1. The Kier molecular flexibility index (Phi) is 5.02. The van der Waals surface area contributed by atoms with E-state index in [9.17, 15) is 4.79 Å². The molecule has 26 heavy (non-hydrogen) atoms. The first-order chi connectivity index (χ1) is 12.7. The quantitative estimate of drug-likeness (QED) is 0.846. The average molecular weight is 354 g/mol. The van der Waals surface area contributed by atoms with E-state index in [1.54, 1.807) is 6.20 Å². The number of ether oxygens (including phenoxy) is 1. The van der Waals surface area contributed by atoms with Gasteiger partial charge in [-0.3, -0.25) is 9.78 Å². The van der Waals surface area contributed by atoms with Crippen LogP contribution in [0.25, 0.3) is 0 Å².